The number of halogens is 2. The monoisotopic (exact) mass is 513 g/mol. The van der Waals surface area contributed by atoms with Gasteiger partial charge in [-0.15, -0.1) is 11.3 Å². The molecule has 1 aliphatic heterocycles. The van der Waals surface area contributed by atoms with Crippen LogP contribution in [0.2, 0.25) is 9.36 Å². The van der Waals surface area contributed by atoms with Crippen molar-refractivity contribution in [1.82, 2.24) is 4.90 Å². The number of aliphatic hydroxyl groups is 1. The number of thiophene rings is 1. The smallest absolute Gasteiger partial charge is 0.309 e. The lowest BCUT2D eigenvalue weighted by molar-refractivity contribution is -0.187. The molecule has 0 spiro atoms. The Labute approximate surface area is 208 Å². The van der Waals surface area contributed by atoms with Crippen LogP contribution in [0.3, 0.4) is 0 Å². The first-order valence-corrected chi connectivity index (χ1v) is 12.4. The predicted molar refractivity (Wildman–Crippen MR) is 130 cm³/mol. The minimum Gasteiger partial charge on any atom is -0.460 e. The standard InChI is InChI=1S/C24H29Cl2NO5S/c1-5-16(13-28)27-21(18-9-10-19(26)33-18)22(14-7-6-8-15(25)11-14)31-17(23(27)30)12-20(29)32-24(2,3)4/h6-11,16-17,21-22,28H,5,12-13H2,1-4H3/t16-,17-,21+,22+/m0/s1. The summed E-state index contributed by atoms with van der Waals surface area (Å²) < 4.78 is 12.3. The summed E-state index contributed by atoms with van der Waals surface area (Å²) in [6, 6.07) is 9.85. The summed E-state index contributed by atoms with van der Waals surface area (Å²) in [6.07, 6.45) is -1.39. The highest BCUT2D eigenvalue weighted by Crippen LogP contribution is 2.46. The minimum atomic E-state index is -1.06. The molecule has 1 aromatic carbocycles. The number of hydrogen-bond donors (Lipinski definition) is 1. The first kappa shape index (κ1) is 26.0. The van der Waals surface area contributed by atoms with Crippen LogP contribution in [0.4, 0.5) is 0 Å². The molecule has 4 atom stereocenters. The molecular formula is C24H29Cl2NO5S. The van der Waals surface area contributed by atoms with Crippen LogP contribution in [0, 0.1) is 0 Å². The van der Waals surface area contributed by atoms with Crippen molar-refractivity contribution in [3.05, 3.63) is 56.2 Å². The zero-order chi connectivity index (χ0) is 24.3. The molecule has 0 aliphatic carbocycles. The summed E-state index contributed by atoms with van der Waals surface area (Å²) in [5, 5.41) is 10.6. The third-order valence-corrected chi connectivity index (χ3v) is 6.87. The van der Waals surface area contributed by atoms with Crippen LogP contribution in [-0.2, 0) is 19.1 Å². The van der Waals surface area contributed by atoms with Crippen molar-refractivity contribution in [2.45, 2.75) is 70.4 Å². The highest BCUT2D eigenvalue weighted by molar-refractivity contribution is 7.16. The fourth-order valence-electron chi connectivity index (χ4n) is 3.97. The van der Waals surface area contributed by atoms with E-state index in [2.05, 4.69) is 0 Å². The Kier molecular flexibility index (Phi) is 8.45. The summed E-state index contributed by atoms with van der Waals surface area (Å²) in [5.74, 6) is -0.894. The number of esters is 1. The van der Waals surface area contributed by atoms with Gasteiger partial charge in [0, 0.05) is 9.90 Å². The summed E-state index contributed by atoms with van der Waals surface area (Å²) in [7, 11) is 0. The number of benzene rings is 1. The molecule has 180 valence electrons. The van der Waals surface area contributed by atoms with Crippen LogP contribution >= 0.6 is 34.5 Å². The quantitative estimate of drug-likeness (QED) is 0.489. The van der Waals surface area contributed by atoms with Crippen LogP contribution in [0.25, 0.3) is 0 Å². The number of carbonyl (C=O) groups is 2. The minimum absolute atomic E-state index is 0.223. The lowest BCUT2D eigenvalue weighted by atomic mass is 9.93. The maximum absolute atomic E-state index is 13.6. The molecule has 6 nitrogen and oxygen atoms in total. The van der Waals surface area contributed by atoms with E-state index in [9.17, 15) is 14.7 Å². The van der Waals surface area contributed by atoms with Gasteiger partial charge in [0.05, 0.1) is 29.4 Å². The van der Waals surface area contributed by atoms with E-state index in [4.69, 9.17) is 32.7 Å². The molecule has 1 N–H and O–H groups in total. The number of morpholine rings is 1. The Morgan fingerprint density at radius 3 is 2.55 bits per heavy atom. The van der Waals surface area contributed by atoms with Gasteiger partial charge in [-0.05, 0) is 57.0 Å². The van der Waals surface area contributed by atoms with Crippen molar-refractivity contribution in [3.63, 3.8) is 0 Å². The maximum atomic E-state index is 13.6. The Morgan fingerprint density at radius 1 is 1.27 bits per heavy atom. The van der Waals surface area contributed by atoms with Gasteiger partial charge in [-0.25, -0.2) is 0 Å². The van der Waals surface area contributed by atoms with Gasteiger partial charge in [-0.1, -0.05) is 42.3 Å². The number of rotatable bonds is 7. The van der Waals surface area contributed by atoms with Gasteiger partial charge in [-0.3, -0.25) is 9.59 Å². The molecule has 1 amide bonds. The maximum Gasteiger partial charge on any atom is 0.309 e. The summed E-state index contributed by atoms with van der Waals surface area (Å²) in [5.41, 5.74) is 0.0743. The van der Waals surface area contributed by atoms with Crippen LogP contribution in [0.15, 0.2) is 36.4 Å². The first-order chi connectivity index (χ1) is 15.5. The average Bonchev–Trinajstić information content (AvgIpc) is 3.15. The van der Waals surface area contributed by atoms with E-state index in [0.717, 1.165) is 10.4 Å². The zero-order valence-electron chi connectivity index (χ0n) is 19.1. The number of aliphatic hydroxyl groups excluding tert-OH is 1. The van der Waals surface area contributed by atoms with Crippen molar-refractivity contribution < 1.29 is 24.2 Å². The van der Waals surface area contributed by atoms with Crippen LogP contribution in [0.5, 0.6) is 0 Å². The van der Waals surface area contributed by atoms with Gasteiger partial charge in [0.1, 0.15) is 17.8 Å². The van der Waals surface area contributed by atoms with E-state index >= 15 is 0 Å². The molecule has 2 heterocycles. The van der Waals surface area contributed by atoms with E-state index in [0.29, 0.717) is 15.8 Å². The van der Waals surface area contributed by atoms with Crippen molar-refractivity contribution in [2.24, 2.45) is 0 Å². The molecule has 0 unspecified atom stereocenters. The number of amides is 1. The molecule has 1 aromatic heterocycles. The van der Waals surface area contributed by atoms with Gasteiger partial charge < -0.3 is 19.5 Å². The highest BCUT2D eigenvalue weighted by Gasteiger charge is 2.47. The molecule has 0 bridgehead atoms. The Hall–Kier alpha value is -1.64. The molecule has 3 rings (SSSR count). The van der Waals surface area contributed by atoms with Crippen LogP contribution in [0.1, 0.15) is 63.1 Å². The van der Waals surface area contributed by atoms with E-state index < -0.39 is 35.9 Å². The molecule has 0 saturated carbocycles. The van der Waals surface area contributed by atoms with E-state index in [-0.39, 0.29) is 18.9 Å². The second-order valence-electron chi connectivity index (χ2n) is 8.97. The lowest BCUT2D eigenvalue weighted by Gasteiger charge is -2.47. The highest BCUT2D eigenvalue weighted by atomic mass is 35.5. The third kappa shape index (κ3) is 6.28. The molecular weight excluding hydrogens is 485 g/mol. The molecule has 9 heteroatoms. The Morgan fingerprint density at radius 2 is 2.00 bits per heavy atom. The van der Waals surface area contributed by atoms with Gasteiger partial charge in [0.2, 0.25) is 0 Å². The van der Waals surface area contributed by atoms with Crippen molar-refractivity contribution in [1.29, 1.82) is 0 Å². The first-order valence-electron chi connectivity index (χ1n) is 10.8. The van der Waals surface area contributed by atoms with Crippen molar-refractivity contribution >= 4 is 46.4 Å². The SMILES string of the molecule is CC[C@@H](CO)N1C(=O)[C@H](CC(=O)OC(C)(C)C)O[C@H](c2cccc(Cl)c2)[C@H]1c1ccc(Cl)s1. The van der Waals surface area contributed by atoms with E-state index in [1.807, 2.05) is 25.1 Å². The zero-order valence-corrected chi connectivity index (χ0v) is 21.4. The van der Waals surface area contributed by atoms with Crippen LogP contribution in [-0.4, -0.2) is 46.2 Å². The van der Waals surface area contributed by atoms with Gasteiger partial charge in [-0.2, -0.15) is 0 Å². The molecule has 0 radical (unpaired) electrons. The topological polar surface area (TPSA) is 76.1 Å². The molecule has 1 saturated heterocycles. The number of nitrogens with zero attached hydrogens (tertiary/aromatic N) is 1. The Balaban J connectivity index is 2.07. The lowest BCUT2D eigenvalue weighted by Crippen LogP contribution is -2.56. The number of ether oxygens (including phenoxy) is 2. The number of hydrogen-bond acceptors (Lipinski definition) is 6. The number of carbonyl (C=O) groups excluding carboxylic acids is 2. The second-order valence-corrected chi connectivity index (χ2v) is 11.2. The van der Waals surface area contributed by atoms with Gasteiger partial charge in [0.25, 0.3) is 5.91 Å². The average molecular weight is 514 g/mol. The van der Waals surface area contributed by atoms with E-state index in [1.54, 1.807) is 43.9 Å². The largest absolute Gasteiger partial charge is 0.460 e. The van der Waals surface area contributed by atoms with Gasteiger partial charge in [0.15, 0.2) is 0 Å². The summed E-state index contributed by atoms with van der Waals surface area (Å²) in [4.78, 5) is 28.7. The molecule has 1 fully saturated rings. The van der Waals surface area contributed by atoms with Crippen molar-refractivity contribution in [2.75, 3.05) is 6.61 Å². The normalized spacial score (nSPS) is 22.3. The molecule has 1 aliphatic rings. The molecule has 33 heavy (non-hydrogen) atoms. The third-order valence-electron chi connectivity index (χ3n) is 5.34. The van der Waals surface area contributed by atoms with Gasteiger partial charge >= 0.3 is 5.97 Å². The summed E-state index contributed by atoms with van der Waals surface area (Å²) in [6.45, 7) is 6.99. The molecule has 2 aromatic rings. The van der Waals surface area contributed by atoms with Crippen LogP contribution < -0.4 is 0 Å². The summed E-state index contributed by atoms with van der Waals surface area (Å²) >= 11 is 13.8. The fourth-order valence-corrected chi connectivity index (χ4v) is 5.35. The second kappa shape index (κ2) is 10.7. The fraction of sp³-hybridized carbons (Fsp3) is 0.500. The predicted octanol–water partition coefficient (Wildman–Crippen LogP) is 5.57. The van der Waals surface area contributed by atoms with E-state index in [1.165, 1.54) is 11.3 Å². The van der Waals surface area contributed by atoms with Crippen molar-refractivity contribution in [3.8, 4) is 0 Å². The Bertz CT molecular complexity index is 985.